The van der Waals surface area contributed by atoms with Crippen LogP contribution in [0.3, 0.4) is 0 Å². The Morgan fingerprint density at radius 1 is 1.00 bits per heavy atom. The molecule has 0 amide bonds. The summed E-state index contributed by atoms with van der Waals surface area (Å²) < 4.78 is 13.9. The molecule has 0 saturated heterocycles. The van der Waals surface area contributed by atoms with Gasteiger partial charge in [0.2, 0.25) is 0 Å². The molecule has 0 fully saturated rings. The van der Waals surface area contributed by atoms with Gasteiger partial charge in [0.05, 0.1) is 0 Å². The summed E-state index contributed by atoms with van der Waals surface area (Å²) in [7, 11) is 1.89. The first-order chi connectivity index (χ1) is 10.2. The monoisotopic (exact) mass is 299 g/mol. The third kappa shape index (κ3) is 2.65. The molecule has 0 aliphatic carbocycles. The summed E-state index contributed by atoms with van der Waals surface area (Å²) in [5.74, 6) is -0.196. The first-order valence-corrected chi connectivity index (χ1v) is 7.19. The first-order valence-electron chi connectivity index (χ1n) is 6.81. The molecule has 3 aromatic carbocycles. The molecule has 0 spiro atoms. The van der Waals surface area contributed by atoms with Gasteiger partial charge in [0.1, 0.15) is 5.82 Å². The molecule has 0 aliphatic rings. The summed E-state index contributed by atoms with van der Waals surface area (Å²) in [6.45, 7) is 0.700. The van der Waals surface area contributed by atoms with E-state index in [9.17, 15) is 4.39 Å². The topological polar surface area (TPSA) is 12.0 Å². The molecule has 0 saturated carbocycles. The van der Waals surface area contributed by atoms with E-state index in [0.717, 1.165) is 27.1 Å². The lowest BCUT2D eigenvalue weighted by Crippen LogP contribution is -2.05. The van der Waals surface area contributed by atoms with E-state index in [4.69, 9.17) is 11.6 Å². The zero-order valence-electron chi connectivity index (χ0n) is 11.7. The van der Waals surface area contributed by atoms with Crippen molar-refractivity contribution in [3.63, 3.8) is 0 Å². The van der Waals surface area contributed by atoms with Crippen LogP contribution in [0.2, 0.25) is 5.02 Å². The van der Waals surface area contributed by atoms with Crippen LogP contribution in [0.4, 0.5) is 4.39 Å². The van der Waals surface area contributed by atoms with Gasteiger partial charge < -0.3 is 5.32 Å². The van der Waals surface area contributed by atoms with E-state index < -0.39 is 0 Å². The zero-order chi connectivity index (χ0) is 14.8. The lowest BCUT2D eigenvalue weighted by Gasteiger charge is -2.11. The van der Waals surface area contributed by atoms with Crippen molar-refractivity contribution in [3.05, 3.63) is 71.0 Å². The molecule has 106 valence electrons. The van der Waals surface area contributed by atoms with Crippen LogP contribution >= 0.6 is 11.6 Å². The number of fused-ring (bicyclic) bond motifs is 1. The molecule has 21 heavy (non-hydrogen) atoms. The van der Waals surface area contributed by atoms with Gasteiger partial charge in [-0.2, -0.15) is 0 Å². The minimum absolute atomic E-state index is 0.196. The quantitative estimate of drug-likeness (QED) is 0.716. The SMILES string of the molecule is CNCc1cc(-c2ccc(F)c3ccccc23)ccc1Cl. The van der Waals surface area contributed by atoms with Gasteiger partial charge in [-0.25, -0.2) is 4.39 Å². The average molecular weight is 300 g/mol. The van der Waals surface area contributed by atoms with E-state index in [1.54, 1.807) is 6.07 Å². The maximum atomic E-state index is 13.9. The lowest BCUT2D eigenvalue weighted by atomic mass is 9.96. The molecule has 0 unspecified atom stereocenters. The summed E-state index contributed by atoms with van der Waals surface area (Å²) in [4.78, 5) is 0. The minimum Gasteiger partial charge on any atom is -0.316 e. The molecule has 0 radical (unpaired) electrons. The molecular weight excluding hydrogens is 285 g/mol. The Balaban J connectivity index is 2.21. The number of hydrogen-bond acceptors (Lipinski definition) is 1. The van der Waals surface area contributed by atoms with E-state index in [1.807, 2.05) is 43.4 Å². The summed E-state index contributed by atoms with van der Waals surface area (Å²) in [6, 6.07) is 16.8. The van der Waals surface area contributed by atoms with Crippen molar-refractivity contribution in [1.29, 1.82) is 0 Å². The van der Waals surface area contributed by atoms with Crippen molar-refractivity contribution in [1.82, 2.24) is 5.32 Å². The molecule has 0 aliphatic heterocycles. The Kier molecular flexibility index (Phi) is 3.91. The number of halogens is 2. The van der Waals surface area contributed by atoms with E-state index in [-0.39, 0.29) is 5.82 Å². The van der Waals surface area contributed by atoms with Crippen LogP contribution in [0.15, 0.2) is 54.6 Å². The molecule has 1 nitrogen and oxygen atoms in total. The van der Waals surface area contributed by atoms with Crippen LogP contribution in [0, 0.1) is 5.82 Å². The zero-order valence-corrected chi connectivity index (χ0v) is 12.4. The van der Waals surface area contributed by atoms with Crippen LogP contribution in [-0.4, -0.2) is 7.05 Å². The summed E-state index contributed by atoms with van der Waals surface area (Å²) in [5, 5.41) is 5.39. The fourth-order valence-corrected chi connectivity index (χ4v) is 2.77. The molecule has 3 aromatic rings. The van der Waals surface area contributed by atoms with Crippen molar-refractivity contribution in [2.45, 2.75) is 6.54 Å². The second-order valence-electron chi connectivity index (χ2n) is 4.98. The van der Waals surface area contributed by atoms with Crippen LogP contribution in [0.5, 0.6) is 0 Å². The highest BCUT2D eigenvalue weighted by Crippen LogP contribution is 2.32. The van der Waals surface area contributed by atoms with Crippen LogP contribution in [0.1, 0.15) is 5.56 Å². The van der Waals surface area contributed by atoms with Crippen LogP contribution in [-0.2, 0) is 6.54 Å². The maximum Gasteiger partial charge on any atom is 0.131 e. The highest BCUT2D eigenvalue weighted by molar-refractivity contribution is 6.31. The molecule has 0 aromatic heterocycles. The van der Waals surface area contributed by atoms with E-state index >= 15 is 0 Å². The molecule has 3 rings (SSSR count). The van der Waals surface area contributed by atoms with Gasteiger partial charge in [-0.1, -0.05) is 48.0 Å². The first kappa shape index (κ1) is 14.1. The van der Waals surface area contributed by atoms with Crippen molar-refractivity contribution < 1.29 is 4.39 Å². The Morgan fingerprint density at radius 2 is 1.76 bits per heavy atom. The second kappa shape index (κ2) is 5.84. The number of rotatable bonds is 3. The number of benzene rings is 3. The normalized spacial score (nSPS) is 11.0. The average Bonchev–Trinajstić information content (AvgIpc) is 2.51. The van der Waals surface area contributed by atoms with Gasteiger partial charge >= 0.3 is 0 Å². The highest BCUT2D eigenvalue weighted by atomic mass is 35.5. The second-order valence-corrected chi connectivity index (χ2v) is 5.38. The van der Waals surface area contributed by atoms with Crippen molar-refractivity contribution in [2.75, 3.05) is 7.05 Å². The largest absolute Gasteiger partial charge is 0.316 e. The van der Waals surface area contributed by atoms with E-state index in [1.165, 1.54) is 6.07 Å². The third-order valence-electron chi connectivity index (χ3n) is 3.59. The number of hydrogen-bond donors (Lipinski definition) is 1. The van der Waals surface area contributed by atoms with Gasteiger partial charge in [-0.15, -0.1) is 0 Å². The van der Waals surface area contributed by atoms with Crippen molar-refractivity contribution in [3.8, 4) is 11.1 Å². The van der Waals surface area contributed by atoms with Gasteiger partial charge in [-0.3, -0.25) is 0 Å². The Morgan fingerprint density at radius 3 is 2.52 bits per heavy atom. The summed E-state index contributed by atoms with van der Waals surface area (Å²) >= 11 is 6.21. The van der Waals surface area contributed by atoms with Crippen LogP contribution in [0.25, 0.3) is 21.9 Å². The third-order valence-corrected chi connectivity index (χ3v) is 3.96. The summed E-state index contributed by atoms with van der Waals surface area (Å²) in [6.07, 6.45) is 0. The van der Waals surface area contributed by atoms with Crippen LogP contribution < -0.4 is 5.32 Å². The highest BCUT2D eigenvalue weighted by Gasteiger charge is 2.09. The predicted molar refractivity (Wildman–Crippen MR) is 87.1 cm³/mol. The molecule has 3 heteroatoms. The standard InChI is InChI=1S/C18H15ClFN/c1-21-11-13-10-12(6-8-17(13)19)14-7-9-18(20)16-5-3-2-4-15(14)16/h2-10,21H,11H2,1H3. The Bertz CT molecular complexity index is 798. The lowest BCUT2D eigenvalue weighted by molar-refractivity contribution is 0.640. The molecule has 0 atom stereocenters. The van der Waals surface area contributed by atoms with Crippen molar-refractivity contribution >= 4 is 22.4 Å². The molecular formula is C18H15ClFN. The van der Waals surface area contributed by atoms with E-state index in [0.29, 0.717) is 11.9 Å². The molecule has 1 N–H and O–H groups in total. The van der Waals surface area contributed by atoms with Gasteiger partial charge in [0.25, 0.3) is 0 Å². The van der Waals surface area contributed by atoms with Gasteiger partial charge in [-0.05, 0) is 47.3 Å². The Labute approximate surface area is 128 Å². The van der Waals surface area contributed by atoms with E-state index in [2.05, 4.69) is 11.4 Å². The predicted octanol–water partition coefficient (Wildman–Crippen LogP) is 5.02. The smallest absolute Gasteiger partial charge is 0.131 e. The fraction of sp³-hybridized carbons (Fsp3) is 0.111. The Hall–Kier alpha value is -1.90. The minimum atomic E-state index is -0.196. The molecule has 0 bridgehead atoms. The fourth-order valence-electron chi connectivity index (χ4n) is 2.58. The van der Waals surface area contributed by atoms with Gasteiger partial charge in [0, 0.05) is 17.0 Å². The summed E-state index contributed by atoms with van der Waals surface area (Å²) in [5.41, 5.74) is 3.09. The van der Waals surface area contributed by atoms with Gasteiger partial charge in [0.15, 0.2) is 0 Å². The molecule has 0 heterocycles. The maximum absolute atomic E-state index is 13.9. The van der Waals surface area contributed by atoms with Crippen molar-refractivity contribution in [2.24, 2.45) is 0 Å². The number of nitrogens with one attached hydrogen (secondary N) is 1.